The van der Waals surface area contributed by atoms with Crippen LogP contribution in [0.2, 0.25) is 0 Å². The Bertz CT molecular complexity index is 390. The van der Waals surface area contributed by atoms with Crippen LogP contribution in [-0.4, -0.2) is 18.7 Å². The molecule has 0 saturated carbocycles. The standard InChI is InChI=1S/C16H25NO/c1-15(2,3)13-8-6-12(7-9-13)14-10-17-16(4,5)11-18-14/h6-9,14,17H,10-11H2,1-5H3. The summed E-state index contributed by atoms with van der Waals surface area (Å²) in [5.41, 5.74) is 2.95. The van der Waals surface area contributed by atoms with Gasteiger partial charge in [-0.1, -0.05) is 45.0 Å². The third kappa shape index (κ3) is 3.12. The summed E-state index contributed by atoms with van der Waals surface area (Å²) in [6, 6.07) is 8.84. The first-order chi connectivity index (χ1) is 8.28. The molecule has 0 bridgehead atoms. The SMILES string of the molecule is CC1(C)COC(c2ccc(C(C)(C)C)cc2)CN1. The third-order valence-corrected chi connectivity index (χ3v) is 3.56. The van der Waals surface area contributed by atoms with Gasteiger partial charge in [0.1, 0.15) is 0 Å². The number of hydrogen-bond donors (Lipinski definition) is 1. The van der Waals surface area contributed by atoms with Crippen LogP contribution in [0, 0.1) is 0 Å². The number of ether oxygens (including phenoxy) is 1. The van der Waals surface area contributed by atoms with E-state index in [9.17, 15) is 0 Å². The van der Waals surface area contributed by atoms with Gasteiger partial charge in [-0.3, -0.25) is 0 Å². The van der Waals surface area contributed by atoms with E-state index in [1.807, 2.05) is 0 Å². The fraction of sp³-hybridized carbons (Fsp3) is 0.625. The predicted octanol–water partition coefficient (Wildman–Crippen LogP) is 3.42. The Labute approximate surface area is 111 Å². The zero-order chi connectivity index (χ0) is 13.4. The van der Waals surface area contributed by atoms with Gasteiger partial charge < -0.3 is 10.1 Å². The Kier molecular flexibility index (Phi) is 3.52. The van der Waals surface area contributed by atoms with E-state index in [1.165, 1.54) is 11.1 Å². The van der Waals surface area contributed by atoms with Crippen LogP contribution in [0.3, 0.4) is 0 Å². The largest absolute Gasteiger partial charge is 0.370 e. The van der Waals surface area contributed by atoms with Gasteiger partial charge in [0.2, 0.25) is 0 Å². The van der Waals surface area contributed by atoms with E-state index in [0.717, 1.165) is 13.2 Å². The fourth-order valence-corrected chi connectivity index (χ4v) is 2.20. The summed E-state index contributed by atoms with van der Waals surface area (Å²) in [6.07, 6.45) is 0.187. The Balaban J connectivity index is 2.07. The van der Waals surface area contributed by atoms with Crippen LogP contribution in [0.25, 0.3) is 0 Å². The second-order valence-corrected chi connectivity index (χ2v) is 6.94. The summed E-state index contributed by atoms with van der Waals surface area (Å²) < 4.78 is 5.94. The van der Waals surface area contributed by atoms with Crippen molar-refractivity contribution in [2.45, 2.75) is 51.7 Å². The van der Waals surface area contributed by atoms with Crippen molar-refractivity contribution in [3.05, 3.63) is 35.4 Å². The summed E-state index contributed by atoms with van der Waals surface area (Å²) in [7, 11) is 0. The normalized spacial score (nSPS) is 23.9. The highest BCUT2D eigenvalue weighted by Gasteiger charge is 2.27. The number of rotatable bonds is 1. The van der Waals surface area contributed by atoms with Gasteiger partial charge in [0.25, 0.3) is 0 Å². The average molecular weight is 247 g/mol. The molecule has 0 radical (unpaired) electrons. The van der Waals surface area contributed by atoms with Gasteiger partial charge in [0.05, 0.1) is 12.7 Å². The molecule has 1 fully saturated rings. The summed E-state index contributed by atoms with van der Waals surface area (Å²) >= 11 is 0. The number of benzene rings is 1. The van der Waals surface area contributed by atoms with Gasteiger partial charge in [-0.05, 0) is 30.4 Å². The zero-order valence-electron chi connectivity index (χ0n) is 12.2. The minimum Gasteiger partial charge on any atom is -0.370 e. The van der Waals surface area contributed by atoms with Gasteiger partial charge in [0.15, 0.2) is 0 Å². The Morgan fingerprint density at radius 1 is 1.17 bits per heavy atom. The van der Waals surface area contributed by atoms with Crippen LogP contribution >= 0.6 is 0 Å². The molecule has 100 valence electrons. The van der Waals surface area contributed by atoms with Crippen molar-refractivity contribution in [3.63, 3.8) is 0 Å². The van der Waals surface area contributed by atoms with E-state index < -0.39 is 0 Å². The number of hydrogen-bond acceptors (Lipinski definition) is 2. The number of morpholine rings is 1. The summed E-state index contributed by atoms with van der Waals surface area (Å²) in [5, 5.41) is 3.53. The van der Waals surface area contributed by atoms with Crippen LogP contribution in [0.15, 0.2) is 24.3 Å². The molecule has 1 heterocycles. The molecule has 1 unspecified atom stereocenters. The van der Waals surface area contributed by atoms with Gasteiger partial charge in [-0.2, -0.15) is 0 Å². The van der Waals surface area contributed by atoms with Crippen LogP contribution in [-0.2, 0) is 10.2 Å². The van der Waals surface area contributed by atoms with E-state index in [2.05, 4.69) is 64.2 Å². The van der Waals surface area contributed by atoms with Crippen LogP contribution < -0.4 is 5.32 Å². The topological polar surface area (TPSA) is 21.3 Å². The summed E-state index contributed by atoms with van der Waals surface area (Å²) in [4.78, 5) is 0. The number of nitrogens with one attached hydrogen (secondary N) is 1. The van der Waals surface area contributed by atoms with Crippen molar-refractivity contribution < 1.29 is 4.74 Å². The van der Waals surface area contributed by atoms with E-state index in [1.54, 1.807) is 0 Å². The summed E-state index contributed by atoms with van der Waals surface area (Å²) in [5.74, 6) is 0. The highest BCUT2D eigenvalue weighted by atomic mass is 16.5. The minimum atomic E-state index is 0.0991. The molecule has 2 heteroatoms. The Hall–Kier alpha value is -0.860. The van der Waals surface area contributed by atoms with Gasteiger partial charge >= 0.3 is 0 Å². The molecule has 2 nitrogen and oxygen atoms in total. The van der Waals surface area contributed by atoms with Crippen molar-refractivity contribution in [1.82, 2.24) is 5.32 Å². The maximum absolute atomic E-state index is 5.94. The van der Waals surface area contributed by atoms with Crippen LogP contribution in [0.5, 0.6) is 0 Å². The molecule has 1 aliphatic heterocycles. The zero-order valence-corrected chi connectivity index (χ0v) is 12.2. The van der Waals surface area contributed by atoms with Crippen molar-refractivity contribution in [1.29, 1.82) is 0 Å². The first-order valence-electron chi connectivity index (χ1n) is 6.75. The van der Waals surface area contributed by atoms with Crippen molar-refractivity contribution in [2.75, 3.05) is 13.2 Å². The molecule has 1 saturated heterocycles. The molecule has 1 aliphatic rings. The van der Waals surface area contributed by atoms with E-state index >= 15 is 0 Å². The van der Waals surface area contributed by atoms with Gasteiger partial charge in [0, 0.05) is 12.1 Å². The maximum Gasteiger partial charge on any atom is 0.0950 e. The van der Waals surface area contributed by atoms with Crippen LogP contribution in [0.1, 0.15) is 51.8 Å². The predicted molar refractivity (Wildman–Crippen MR) is 75.9 cm³/mol. The fourth-order valence-electron chi connectivity index (χ4n) is 2.20. The molecule has 1 atom stereocenters. The molecular formula is C16H25NO. The second-order valence-electron chi connectivity index (χ2n) is 6.94. The molecule has 2 rings (SSSR count). The first kappa shape index (κ1) is 13.6. The maximum atomic E-state index is 5.94. The third-order valence-electron chi connectivity index (χ3n) is 3.56. The molecule has 1 N–H and O–H groups in total. The first-order valence-corrected chi connectivity index (χ1v) is 6.75. The van der Waals surface area contributed by atoms with Crippen molar-refractivity contribution in [2.24, 2.45) is 0 Å². The lowest BCUT2D eigenvalue weighted by atomic mass is 9.86. The molecule has 1 aromatic rings. The quantitative estimate of drug-likeness (QED) is 0.821. The van der Waals surface area contributed by atoms with Gasteiger partial charge in [-0.25, -0.2) is 0 Å². The average Bonchev–Trinajstić information content (AvgIpc) is 2.28. The smallest absolute Gasteiger partial charge is 0.0950 e. The van der Waals surface area contributed by atoms with E-state index in [-0.39, 0.29) is 17.1 Å². The molecule has 1 aromatic carbocycles. The monoisotopic (exact) mass is 247 g/mol. The molecular weight excluding hydrogens is 222 g/mol. The molecule has 0 aliphatic carbocycles. The molecule has 0 spiro atoms. The Morgan fingerprint density at radius 2 is 1.78 bits per heavy atom. The van der Waals surface area contributed by atoms with Crippen LogP contribution in [0.4, 0.5) is 0 Å². The highest BCUT2D eigenvalue weighted by Crippen LogP contribution is 2.27. The molecule has 0 aromatic heterocycles. The molecule has 0 amide bonds. The highest BCUT2D eigenvalue weighted by molar-refractivity contribution is 5.29. The van der Waals surface area contributed by atoms with Crippen molar-refractivity contribution in [3.8, 4) is 0 Å². The Morgan fingerprint density at radius 3 is 2.22 bits per heavy atom. The van der Waals surface area contributed by atoms with E-state index in [0.29, 0.717) is 0 Å². The summed E-state index contributed by atoms with van der Waals surface area (Å²) in [6.45, 7) is 12.7. The lowest BCUT2D eigenvalue weighted by molar-refractivity contribution is -0.0229. The lowest BCUT2D eigenvalue weighted by Crippen LogP contribution is -2.50. The molecule has 18 heavy (non-hydrogen) atoms. The van der Waals surface area contributed by atoms with Crippen molar-refractivity contribution >= 4 is 0 Å². The minimum absolute atomic E-state index is 0.0991. The van der Waals surface area contributed by atoms with Gasteiger partial charge in [-0.15, -0.1) is 0 Å². The second kappa shape index (κ2) is 4.67. The lowest BCUT2D eigenvalue weighted by Gasteiger charge is -2.36. The van der Waals surface area contributed by atoms with E-state index in [4.69, 9.17) is 4.74 Å².